The standard InChI is InChI=1S/C31H23N2O2/c32-31(34)26-12-6-13-27-30(26)25-16-15-23(29-14-7-17-35-29)19-28(25)33(27)20-24-11-5-4-10-22(24)18-21-8-2-1-3-9-21/h1-15,17,19H,18,20H2,(H2,32,34). The average molecular weight is 456 g/mol. The molecule has 6 aromatic rings. The summed E-state index contributed by atoms with van der Waals surface area (Å²) >= 11 is 0. The number of aromatic nitrogens is 1. The van der Waals surface area contributed by atoms with Crippen LogP contribution in [0.25, 0.3) is 33.1 Å². The third-order valence-corrected chi connectivity index (χ3v) is 6.55. The zero-order valence-corrected chi connectivity index (χ0v) is 19.1. The van der Waals surface area contributed by atoms with E-state index in [-0.39, 0.29) is 0 Å². The number of hydrogen-bond acceptors (Lipinski definition) is 2. The first kappa shape index (κ1) is 21.0. The lowest BCUT2D eigenvalue weighted by Gasteiger charge is -2.13. The molecule has 0 bridgehead atoms. The van der Waals surface area contributed by atoms with E-state index in [2.05, 4.69) is 65.2 Å². The third-order valence-electron chi connectivity index (χ3n) is 6.55. The molecule has 0 atom stereocenters. The highest BCUT2D eigenvalue weighted by molar-refractivity contribution is 6.18. The topological polar surface area (TPSA) is 61.2 Å². The van der Waals surface area contributed by atoms with Gasteiger partial charge in [0.15, 0.2) is 0 Å². The molecule has 0 unspecified atom stereocenters. The van der Waals surface area contributed by atoms with Crippen molar-refractivity contribution in [3.63, 3.8) is 0 Å². The van der Waals surface area contributed by atoms with Crippen molar-refractivity contribution in [2.45, 2.75) is 13.0 Å². The fourth-order valence-corrected chi connectivity index (χ4v) is 4.89. The second-order valence-corrected chi connectivity index (χ2v) is 8.71. The summed E-state index contributed by atoms with van der Waals surface area (Å²) in [6.07, 6.45) is 2.52. The van der Waals surface area contributed by atoms with Crippen LogP contribution in [0.15, 0.2) is 108 Å². The van der Waals surface area contributed by atoms with E-state index in [1.165, 1.54) is 16.7 Å². The van der Waals surface area contributed by atoms with Gasteiger partial charge in [-0.05, 0) is 65.6 Å². The third kappa shape index (κ3) is 3.79. The second kappa shape index (κ2) is 8.65. The van der Waals surface area contributed by atoms with Gasteiger partial charge in [-0.25, -0.2) is 0 Å². The van der Waals surface area contributed by atoms with Crippen molar-refractivity contribution >= 4 is 27.7 Å². The average Bonchev–Trinajstić information content (AvgIpc) is 3.53. The fraction of sp³-hybridized carbons (Fsp3) is 0.0645. The number of rotatable bonds is 6. The van der Waals surface area contributed by atoms with Crippen LogP contribution < -0.4 is 5.73 Å². The van der Waals surface area contributed by atoms with Gasteiger partial charge in [0.25, 0.3) is 0 Å². The molecule has 1 radical (unpaired) electrons. The number of hydrogen-bond donors (Lipinski definition) is 1. The number of furan rings is 1. The van der Waals surface area contributed by atoms with Gasteiger partial charge < -0.3 is 14.7 Å². The van der Waals surface area contributed by atoms with Gasteiger partial charge in [0.05, 0.1) is 17.3 Å². The zero-order valence-electron chi connectivity index (χ0n) is 19.1. The molecule has 2 N–H and O–H groups in total. The lowest BCUT2D eigenvalue weighted by Crippen LogP contribution is -2.11. The summed E-state index contributed by atoms with van der Waals surface area (Å²) in [4.78, 5) is 12.3. The van der Waals surface area contributed by atoms with Crippen molar-refractivity contribution in [3.8, 4) is 11.3 Å². The SMILES string of the molecule is NC(=O)c1cccc2c1c1[c]cc(-c3ccco3)cc1n2Cc1ccccc1Cc1ccccc1. The van der Waals surface area contributed by atoms with Crippen molar-refractivity contribution in [2.75, 3.05) is 0 Å². The molecule has 0 aliphatic carbocycles. The number of nitrogens with two attached hydrogens (primary N) is 1. The highest BCUT2D eigenvalue weighted by Crippen LogP contribution is 2.35. The normalized spacial score (nSPS) is 11.3. The molecule has 2 heterocycles. The lowest BCUT2D eigenvalue weighted by atomic mass is 9.99. The molecule has 35 heavy (non-hydrogen) atoms. The minimum atomic E-state index is -0.442. The van der Waals surface area contributed by atoms with Gasteiger partial charge in [0, 0.05) is 28.4 Å². The van der Waals surface area contributed by atoms with E-state index < -0.39 is 5.91 Å². The highest BCUT2D eigenvalue weighted by Gasteiger charge is 2.18. The van der Waals surface area contributed by atoms with Crippen molar-refractivity contribution < 1.29 is 9.21 Å². The van der Waals surface area contributed by atoms with Crippen LogP contribution in [0.3, 0.4) is 0 Å². The molecule has 1 amide bonds. The van der Waals surface area contributed by atoms with Gasteiger partial charge in [0.1, 0.15) is 5.76 Å². The second-order valence-electron chi connectivity index (χ2n) is 8.71. The Bertz CT molecular complexity index is 1660. The minimum Gasteiger partial charge on any atom is -0.464 e. The largest absolute Gasteiger partial charge is 0.464 e. The first-order valence-corrected chi connectivity index (χ1v) is 11.6. The van der Waals surface area contributed by atoms with Crippen molar-refractivity contribution in [1.29, 1.82) is 0 Å². The number of carbonyl (C=O) groups excluding carboxylic acids is 1. The maximum atomic E-state index is 12.3. The van der Waals surface area contributed by atoms with Gasteiger partial charge in [0.2, 0.25) is 5.91 Å². The Morgan fingerprint density at radius 1 is 0.857 bits per heavy atom. The molecule has 0 saturated carbocycles. The number of primary amides is 1. The number of nitrogens with zero attached hydrogens (tertiary/aromatic N) is 1. The molecule has 4 nitrogen and oxygen atoms in total. The Balaban J connectivity index is 1.55. The molecule has 4 aromatic carbocycles. The first-order chi connectivity index (χ1) is 17.2. The van der Waals surface area contributed by atoms with E-state index in [1.807, 2.05) is 36.4 Å². The molecule has 4 heteroatoms. The molecule has 0 fully saturated rings. The number of fused-ring (bicyclic) bond motifs is 3. The van der Waals surface area contributed by atoms with E-state index in [0.29, 0.717) is 12.1 Å². The maximum absolute atomic E-state index is 12.3. The number of carbonyl (C=O) groups is 1. The molecular formula is C31H23N2O2. The zero-order chi connectivity index (χ0) is 23.8. The van der Waals surface area contributed by atoms with Crippen LogP contribution >= 0.6 is 0 Å². The van der Waals surface area contributed by atoms with Crippen LogP contribution in [0.4, 0.5) is 0 Å². The van der Waals surface area contributed by atoms with Gasteiger partial charge >= 0.3 is 0 Å². The van der Waals surface area contributed by atoms with Crippen molar-refractivity contribution in [3.05, 3.63) is 132 Å². The molecule has 0 saturated heterocycles. The fourth-order valence-electron chi connectivity index (χ4n) is 4.89. The van der Waals surface area contributed by atoms with E-state index in [1.54, 1.807) is 12.3 Å². The summed E-state index contributed by atoms with van der Waals surface area (Å²) in [5.41, 5.74) is 12.9. The van der Waals surface area contributed by atoms with Crippen LogP contribution in [0.1, 0.15) is 27.0 Å². The Morgan fingerprint density at radius 2 is 1.66 bits per heavy atom. The predicted molar refractivity (Wildman–Crippen MR) is 139 cm³/mol. The summed E-state index contributed by atoms with van der Waals surface area (Å²) < 4.78 is 7.90. The molecule has 0 aliphatic rings. The molecule has 0 spiro atoms. The molecule has 169 valence electrons. The van der Waals surface area contributed by atoms with Crippen LogP contribution in [0.5, 0.6) is 0 Å². The van der Waals surface area contributed by atoms with Crippen LogP contribution in [-0.2, 0) is 13.0 Å². The Hall–Kier alpha value is -4.57. The molecule has 0 aliphatic heterocycles. The number of amides is 1. The predicted octanol–water partition coefficient (Wildman–Crippen LogP) is 6.59. The Kier molecular flexibility index (Phi) is 5.19. The van der Waals surface area contributed by atoms with E-state index in [0.717, 1.165) is 39.6 Å². The summed E-state index contributed by atoms with van der Waals surface area (Å²) in [7, 11) is 0. The van der Waals surface area contributed by atoms with Gasteiger partial charge in [-0.1, -0.05) is 60.7 Å². The Morgan fingerprint density at radius 3 is 2.43 bits per heavy atom. The highest BCUT2D eigenvalue weighted by atomic mass is 16.3. The van der Waals surface area contributed by atoms with Crippen molar-refractivity contribution in [2.24, 2.45) is 5.73 Å². The van der Waals surface area contributed by atoms with Gasteiger partial charge in [-0.15, -0.1) is 0 Å². The monoisotopic (exact) mass is 455 g/mol. The summed E-state index contributed by atoms with van der Waals surface area (Å²) in [5, 5.41) is 1.71. The minimum absolute atomic E-state index is 0.442. The Labute approximate surface area is 203 Å². The van der Waals surface area contributed by atoms with Crippen LogP contribution in [0.2, 0.25) is 0 Å². The van der Waals surface area contributed by atoms with Gasteiger partial charge in [-0.2, -0.15) is 0 Å². The molecule has 6 rings (SSSR count). The summed E-state index contributed by atoms with van der Waals surface area (Å²) in [6.45, 7) is 0.653. The number of benzene rings is 4. The summed E-state index contributed by atoms with van der Waals surface area (Å²) in [5.74, 6) is 0.335. The van der Waals surface area contributed by atoms with E-state index in [4.69, 9.17) is 10.2 Å². The molecule has 2 aromatic heterocycles. The van der Waals surface area contributed by atoms with Crippen LogP contribution in [0, 0.1) is 6.07 Å². The quantitative estimate of drug-likeness (QED) is 0.308. The summed E-state index contributed by atoms with van der Waals surface area (Å²) in [6, 6.07) is 36.0. The van der Waals surface area contributed by atoms with E-state index in [9.17, 15) is 4.79 Å². The van der Waals surface area contributed by atoms with Crippen molar-refractivity contribution in [1.82, 2.24) is 4.57 Å². The maximum Gasteiger partial charge on any atom is 0.249 e. The lowest BCUT2D eigenvalue weighted by molar-refractivity contribution is 0.100. The molecular weight excluding hydrogens is 432 g/mol. The first-order valence-electron chi connectivity index (χ1n) is 11.6. The van der Waals surface area contributed by atoms with Crippen LogP contribution in [-0.4, -0.2) is 10.5 Å². The smallest absolute Gasteiger partial charge is 0.249 e. The van der Waals surface area contributed by atoms with E-state index >= 15 is 0 Å². The van der Waals surface area contributed by atoms with Gasteiger partial charge in [-0.3, -0.25) is 4.79 Å².